The van der Waals surface area contributed by atoms with E-state index in [-0.39, 0.29) is 11.8 Å². The van der Waals surface area contributed by atoms with Gasteiger partial charge in [-0.1, -0.05) is 32.1 Å². The summed E-state index contributed by atoms with van der Waals surface area (Å²) in [7, 11) is 0. The third-order valence-corrected chi connectivity index (χ3v) is 4.93. The zero-order valence-electron chi connectivity index (χ0n) is 10.3. The molecule has 0 aromatic heterocycles. The number of rotatable bonds is 2. The van der Waals surface area contributed by atoms with Crippen LogP contribution in [0.5, 0.6) is 0 Å². The van der Waals surface area contributed by atoms with Crippen LogP contribution in [-0.4, -0.2) is 21.4 Å². The molecule has 0 N–H and O–H groups in total. The predicted octanol–water partition coefficient (Wildman–Crippen LogP) is 3.29. The fourth-order valence-electron chi connectivity index (χ4n) is 2.52. The van der Waals surface area contributed by atoms with Gasteiger partial charge in [-0.15, -0.1) is 0 Å². The molecule has 2 aliphatic rings. The quantitative estimate of drug-likeness (QED) is 0.561. The molecule has 1 aliphatic heterocycles. The van der Waals surface area contributed by atoms with Crippen molar-refractivity contribution in [2.24, 2.45) is 0 Å². The number of piperidine rings is 1. The zero-order valence-corrected chi connectivity index (χ0v) is 11.1. The molecule has 17 heavy (non-hydrogen) atoms. The van der Waals surface area contributed by atoms with E-state index in [1.807, 2.05) is 0 Å². The third-order valence-electron chi connectivity index (χ3n) is 3.54. The number of carbonyl (C=O) groups is 2. The molecule has 0 aromatic rings. The molecule has 4 heteroatoms. The molecular formula is C13H21NO2S. The van der Waals surface area contributed by atoms with Gasteiger partial charge in [-0.25, -0.2) is 4.31 Å². The average Bonchev–Trinajstić information content (AvgIpc) is 2.26. The van der Waals surface area contributed by atoms with Crippen LogP contribution in [0.1, 0.15) is 64.2 Å². The Bertz CT molecular complexity index is 269. The maximum absolute atomic E-state index is 11.7. The van der Waals surface area contributed by atoms with E-state index in [2.05, 4.69) is 0 Å². The van der Waals surface area contributed by atoms with Gasteiger partial charge in [0.25, 0.3) is 0 Å². The highest BCUT2D eigenvalue weighted by atomic mass is 32.2. The van der Waals surface area contributed by atoms with Crippen LogP contribution in [0.4, 0.5) is 0 Å². The number of hydrogen-bond donors (Lipinski definition) is 0. The summed E-state index contributed by atoms with van der Waals surface area (Å²) in [6.45, 7) is 0. The number of imide groups is 1. The Morgan fingerprint density at radius 1 is 0.824 bits per heavy atom. The normalized spacial score (nSPS) is 24.6. The molecule has 0 atom stereocenters. The lowest BCUT2D eigenvalue weighted by Gasteiger charge is -2.28. The van der Waals surface area contributed by atoms with Crippen molar-refractivity contribution in [3.63, 3.8) is 0 Å². The van der Waals surface area contributed by atoms with Crippen molar-refractivity contribution in [1.82, 2.24) is 4.31 Å². The molecule has 1 aliphatic carbocycles. The first-order chi connectivity index (χ1) is 8.27. The van der Waals surface area contributed by atoms with Crippen LogP contribution < -0.4 is 0 Å². The molecule has 0 bridgehead atoms. The minimum absolute atomic E-state index is 0.0216. The second-order valence-corrected chi connectivity index (χ2v) is 6.25. The van der Waals surface area contributed by atoms with Crippen molar-refractivity contribution in [2.45, 2.75) is 69.5 Å². The molecule has 2 rings (SSSR count). The van der Waals surface area contributed by atoms with E-state index in [9.17, 15) is 9.59 Å². The van der Waals surface area contributed by atoms with Crippen molar-refractivity contribution in [1.29, 1.82) is 0 Å². The highest BCUT2D eigenvalue weighted by molar-refractivity contribution is 7.98. The first-order valence-electron chi connectivity index (χ1n) is 6.80. The first kappa shape index (κ1) is 12.9. The van der Waals surface area contributed by atoms with E-state index in [1.54, 1.807) is 0 Å². The fraction of sp³-hybridized carbons (Fsp3) is 0.846. The van der Waals surface area contributed by atoms with Gasteiger partial charge in [0.1, 0.15) is 0 Å². The Kier molecular flexibility index (Phi) is 4.89. The summed E-state index contributed by atoms with van der Waals surface area (Å²) >= 11 is 1.51. The first-order valence-corrected chi connectivity index (χ1v) is 7.63. The van der Waals surface area contributed by atoms with Crippen LogP contribution in [0.3, 0.4) is 0 Å². The second kappa shape index (κ2) is 6.43. The molecule has 96 valence electrons. The Balaban J connectivity index is 1.88. The summed E-state index contributed by atoms with van der Waals surface area (Å²) in [5, 5.41) is 0.473. The lowest BCUT2D eigenvalue weighted by Crippen LogP contribution is -2.36. The summed E-state index contributed by atoms with van der Waals surface area (Å²) < 4.78 is 1.45. The van der Waals surface area contributed by atoms with Gasteiger partial charge < -0.3 is 0 Å². The highest BCUT2D eigenvalue weighted by Gasteiger charge is 2.29. The molecule has 0 unspecified atom stereocenters. The van der Waals surface area contributed by atoms with Crippen LogP contribution >= 0.6 is 11.9 Å². The number of carbonyl (C=O) groups excluding carboxylic acids is 2. The molecule has 2 fully saturated rings. The van der Waals surface area contributed by atoms with Crippen LogP contribution in [0.25, 0.3) is 0 Å². The lowest BCUT2D eigenvalue weighted by molar-refractivity contribution is -0.140. The SMILES string of the molecule is O=C1CCCC(=O)N1SC1CCCCCCC1. The maximum Gasteiger partial charge on any atom is 0.239 e. The van der Waals surface area contributed by atoms with E-state index in [0.717, 1.165) is 19.3 Å². The van der Waals surface area contributed by atoms with E-state index >= 15 is 0 Å². The van der Waals surface area contributed by atoms with Crippen molar-refractivity contribution in [3.8, 4) is 0 Å². The lowest BCUT2D eigenvalue weighted by atomic mass is 10.0. The number of amides is 2. The Morgan fingerprint density at radius 3 is 1.94 bits per heavy atom. The van der Waals surface area contributed by atoms with Gasteiger partial charge in [0.05, 0.1) is 0 Å². The van der Waals surface area contributed by atoms with Gasteiger partial charge in [-0.05, 0) is 31.2 Å². The molecule has 1 saturated carbocycles. The van der Waals surface area contributed by atoms with Crippen LogP contribution in [0, 0.1) is 0 Å². The van der Waals surface area contributed by atoms with E-state index in [4.69, 9.17) is 0 Å². The Hall–Kier alpha value is -0.510. The minimum atomic E-state index is 0.0216. The third kappa shape index (κ3) is 3.73. The van der Waals surface area contributed by atoms with Crippen LogP contribution in [0.15, 0.2) is 0 Å². The van der Waals surface area contributed by atoms with Crippen molar-refractivity contribution in [3.05, 3.63) is 0 Å². The summed E-state index contributed by atoms with van der Waals surface area (Å²) in [5.41, 5.74) is 0. The smallest absolute Gasteiger partial charge is 0.239 e. The van der Waals surface area contributed by atoms with E-state index in [1.165, 1.54) is 48.4 Å². The minimum Gasteiger partial charge on any atom is -0.273 e. The summed E-state index contributed by atoms with van der Waals surface area (Å²) in [4.78, 5) is 23.4. The molecule has 1 saturated heterocycles. The van der Waals surface area contributed by atoms with E-state index < -0.39 is 0 Å². The van der Waals surface area contributed by atoms with Gasteiger partial charge in [0.15, 0.2) is 0 Å². The topological polar surface area (TPSA) is 37.4 Å². The molecule has 0 aromatic carbocycles. The molecule has 1 heterocycles. The van der Waals surface area contributed by atoms with Gasteiger partial charge in [0.2, 0.25) is 11.8 Å². The van der Waals surface area contributed by atoms with Gasteiger partial charge in [-0.2, -0.15) is 0 Å². The number of nitrogens with zero attached hydrogens (tertiary/aromatic N) is 1. The summed E-state index contributed by atoms with van der Waals surface area (Å²) in [5.74, 6) is 0.0432. The second-order valence-electron chi connectivity index (χ2n) is 5.01. The largest absolute Gasteiger partial charge is 0.273 e. The Morgan fingerprint density at radius 2 is 1.35 bits per heavy atom. The van der Waals surface area contributed by atoms with Crippen molar-refractivity contribution >= 4 is 23.8 Å². The molecular weight excluding hydrogens is 234 g/mol. The average molecular weight is 255 g/mol. The monoisotopic (exact) mass is 255 g/mol. The fourth-order valence-corrected chi connectivity index (χ4v) is 3.78. The van der Waals surface area contributed by atoms with Crippen LogP contribution in [0.2, 0.25) is 0 Å². The van der Waals surface area contributed by atoms with Crippen molar-refractivity contribution < 1.29 is 9.59 Å². The maximum atomic E-state index is 11.7. The van der Waals surface area contributed by atoms with Crippen LogP contribution in [-0.2, 0) is 9.59 Å². The molecule has 0 spiro atoms. The van der Waals surface area contributed by atoms with Gasteiger partial charge in [0, 0.05) is 18.1 Å². The predicted molar refractivity (Wildman–Crippen MR) is 69.4 cm³/mol. The molecule has 3 nitrogen and oxygen atoms in total. The standard InChI is InChI=1S/C13H21NO2S/c15-12-9-6-10-13(16)14(12)17-11-7-4-2-1-3-5-8-11/h11H,1-10H2. The summed E-state index contributed by atoms with van der Waals surface area (Å²) in [6, 6.07) is 0. The summed E-state index contributed by atoms with van der Waals surface area (Å²) in [6.07, 6.45) is 10.6. The van der Waals surface area contributed by atoms with Gasteiger partial charge in [-0.3, -0.25) is 9.59 Å². The molecule has 2 amide bonds. The highest BCUT2D eigenvalue weighted by Crippen LogP contribution is 2.31. The zero-order chi connectivity index (χ0) is 12.1. The molecule has 0 radical (unpaired) electrons. The van der Waals surface area contributed by atoms with Crippen molar-refractivity contribution in [2.75, 3.05) is 0 Å². The van der Waals surface area contributed by atoms with E-state index in [0.29, 0.717) is 18.1 Å². The Labute approximate surface area is 107 Å². The number of hydrogen-bond acceptors (Lipinski definition) is 3. The van der Waals surface area contributed by atoms with Gasteiger partial charge >= 0.3 is 0 Å².